The van der Waals surface area contributed by atoms with Gasteiger partial charge in [-0.05, 0) is 23.3 Å². The Labute approximate surface area is 123 Å². The van der Waals surface area contributed by atoms with Gasteiger partial charge in [0.15, 0.2) is 0 Å². The molecule has 0 atom stereocenters. The number of hydrogen-bond acceptors (Lipinski definition) is 2. The van der Waals surface area contributed by atoms with Gasteiger partial charge in [0.2, 0.25) is 0 Å². The molecule has 0 saturated heterocycles. The first-order valence-corrected chi connectivity index (χ1v) is 6.66. The molecule has 0 aliphatic heterocycles. The Hall–Kier alpha value is -2.06. The van der Waals surface area contributed by atoms with Crippen LogP contribution in [-0.2, 0) is 16.0 Å². The Morgan fingerprint density at radius 1 is 1.10 bits per heavy atom. The minimum Gasteiger partial charge on any atom is -0.466 e. The highest BCUT2D eigenvalue weighted by atomic mass is 35.5. The molecule has 0 unspecified atom stereocenters. The van der Waals surface area contributed by atoms with E-state index in [9.17, 15) is 4.79 Å². The van der Waals surface area contributed by atoms with Crippen molar-refractivity contribution in [3.05, 3.63) is 76.3 Å². The molecule has 0 radical (unpaired) electrons. The summed E-state index contributed by atoms with van der Waals surface area (Å²) in [6.07, 6.45) is 2.29. The molecular weight excluding hydrogens is 272 g/mol. The summed E-state index contributed by atoms with van der Waals surface area (Å²) in [5, 5.41) is 0.613. The smallest absolute Gasteiger partial charge is 0.334 e. The normalized spacial score (nSPS) is 11.2. The summed E-state index contributed by atoms with van der Waals surface area (Å²) in [7, 11) is 1.38. The van der Waals surface area contributed by atoms with E-state index in [1.807, 2.05) is 48.5 Å². The summed E-state index contributed by atoms with van der Waals surface area (Å²) >= 11 is 6.12. The van der Waals surface area contributed by atoms with Crippen molar-refractivity contribution in [1.29, 1.82) is 0 Å². The predicted molar refractivity (Wildman–Crippen MR) is 81.6 cm³/mol. The van der Waals surface area contributed by atoms with E-state index in [0.717, 1.165) is 11.1 Å². The van der Waals surface area contributed by atoms with Crippen molar-refractivity contribution >= 4 is 23.6 Å². The molecule has 2 aromatic rings. The number of halogens is 1. The van der Waals surface area contributed by atoms with Gasteiger partial charge in [0.05, 0.1) is 7.11 Å². The summed E-state index contributed by atoms with van der Waals surface area (Å²) in [5.41, 5.74) is 2.44. The van der Waals surface area contributed by atoms with Gasteiger partial charge in [-0.1, -0.05) is 60.1 Å². The summed E-state index contributed by atoms with van der Waals surface area (Å²) in [4.78, 5) is 11.9. The third kappa shape index (κ3) is 3.72. The highest BCUT2D eigenvalue weighted by molar-refractivity contribution is 6.32. The monoisotopic (exact) mass is 286 g/mol. The molecule has 0 aliphatic rings. The van der Waals surface area contributed by atoms with E-state index in [4.69, 9.17) is 16.3 Å². The Balaban J connectivity index is 2.33. The van der Waals surface area contributed by atoms with Gasteiger partial charge in [-0.25, -0.2) is 4.79 Å². The molecule has 2 aromatic carbocycles. The average Bonchev–Trinajstić information content (AvgIpc) is 2.49. The van der Waals surface area contributed by atoms with E-state index < -0.39 is 0 Å². The van der Waals surface area contributed by atoms with Gasteiger partial charge in [-0.15, -0.1) is 0 Å². The number of benzene rings is 2. The molecule has 0 N–H and O–H groups in total. The fourth-order valence-corrected chi connectivity index (χ4v) is 2.10. The number of methoxy groups -OCH3 is 1. The van der Waals surface area contributed by atoms with Gasteiger partial charge in [0, 0.05) is 17.0 Å². The number of carbonyl (C=O) groups excluding carboxylic acids is 1. The number of rotatable bonds is 4. The van der Waals surface area contributed by atoms with Crippen molar-refractivity contribution in [2.75, 3.05) is 7.11 Å². The maximum absolute atomic E-state index is 11.9. The highest BCUT2D eigenvalue weighted by Crippen LogP contribution is 2.20. The average molecular weight is 287 g/mol. The van der Waals surface area contributed by atoms with E-state index in [1.165, 1.54) is 7.11 Å². The minimum absolute atomic E-state index is 0.339. The molecule has 102 valence electrons. The van der Waals surface area contributed by atoms with Crippen LogP contribution in [-0.4, -0.2) is 13.1 Å². The van der Waals surface area contributed by atoms with Gasteiger partial charge in [-0.2, -0.15) is 0 Å². The van der Waals surface area contributed by atoms with Gasteiger partial charge < -0.3 is 4.74 Å². The van der Waals surface area contributed by atoms with Crippen LogP contribution >= 0.6 is 11.6 Å². The van der Waals surface area contributed by atoms with Crippen molar-refractivity contribution in [2.24, 2.45) is 0 Å². The van der Waals surface area contributed by atoms with E-state index in [1.54, 1.807) is 12.1 Å². The molecule has 0 aromatic heterocycles. The fraction of sp³-hybridized carbons (Fsp3) is 0.118. The number of hydrogen-bond donors (Lipinski definition) is 0. The maximum Gasteiger partial charge on any atom is 0.334 e. The van der Waals surface area contributed by atoms with Crippen LogP contribution in [0.2, 0.25) is 5.02 Å². The zero-order valence-corrected chi connectivity index (χ0v) is 11.9. The molecule has 2 rings (SSSR count). The van der Waals surface area contributed by atoms with Gasteiger partial charge in [-0.3, -0.25) is 0 Å². The van der Waals surface area contributed by atoms with Crippen LogP contribution in [0.3, 0.4) is 0 Å². The molecule has 0 aliphatic carbocycles. The van der Waals surface area contributed by atoms with Crippen molar-refractivity contribution in [3.8, 4) is 0 Å². The molecule has 0 fully saturated rings. The second-order valence-electron chi connectivity index (χ2n) is 4.35. The Bertz CT molecular complexity index is 618. The zero-order chi connectivity index (χ0) is 14.4. The first kappa shape index (κ1) is 14.4. The van der Waals surface area contributed by atoms with Crippen LogP contribution in [0.25, 0.3) is 6.08 Å². The van der Waals surface area contributed by atoms with Gasteiger partial charge in [0.25, 0.3) is 0 Å². The lowest BCUT2D eigenvalue weighted by molar-refractivity contribution is -0.136. The molecule has 0 amide bonds. The first-order valence-electron chi connectivity index (χ1n) is 6.28. The first-order chi connectivity index (χ1) is 9.70. The number of esters is 1. The Kier molecular flexibility index (Phi) is 4.97. The predicted octanol–water partition coefficient (Wildman–Crippen LogP) is 4.14. The third-order valence-electron chi connectivity index (χ3n) is 2.92. The fourth-order valence-electron chi connectivity index (χ4n) is 1.91. The van der Waals surface area contributed by atoms with Crippen molar-refractivity contribution < 1.29 is 9.53 Å². The topological polar surface area (TPSA) is 26.3 Å². The van der Waals surface area contributed by atoms with Crippen LogP contribution in [0.15, 0.2) is 60.2 Å². The van der Waals surface area contributed by atoms with Gasteiger partial charge in [0.1, 0.15) is 0 Å². The third-order valence-corrected chi connectivity index (χ3v) is 3.26. The van der Waals surface area contributed by atoms with E-state index in [0.29, 0.717) is 17.0 Å². The van der Waals surface area contributed by atoms with E-state index in [2.05, 4.69) is 0 Å². The van der Waals surface area contributed by atoms with Crippen molar-refractivity contribution in [1.82, 2.24) is 0 Å². The van der Waals surface area contributed by atoms with E-state index >= 15 is 0 Å². The SMILES string of the molecule is COC(=O)/C(=C\c1ccccc1Cl)Cc1ccccc1. The van der Waals surface area contributed by atoms with E-state index in [-0.39, 0.29) is 5.97 Å². The van der Waals surface area contributed by atoms with Crippen molar-refractivity contribution in [2.45, 2.75) is 6.42 Å². The lowest BCUT2D eigenvalue weighted by Gasteiger charge is -2.07. The Morgan fingerprint density at radius 2 is 1.75 bits per heavy atom. The molecule has 0 bridgehead atoms. The second kappa shape index (κ2) is 6.92. The summed E-state index contributed by atoms with van der Waals surface area (Å²) in [6.45, 7) is 0. The molecule has 2 nitrogen and oxygen atoms in total. The largest absolute Gasteiger partial charge is 0.466 e. The summed E-state index contributed by atoms with van der Waals surface area (Å²) in [5.74, 6) is -0.339. The maximum atomic E-state index is 11.9. The molecule has 20 heavy (non-hydrogen) atoms. The standard InChI is InChI=1S/C17H15ClO2/c1-20-17(19)15(11-13-7-3-2-4-8-13)12-14-9-5-6-10-16(14)18/h2-10,12H,11H2,1H3/b15-12-. The van der Waals surface area contributed by atoms with Crippen LogP contribution in [0.4, 0.5) is 0 Å². The lowest BCUT2D eigenvalue weighted by atomic mass is 10.0. The quantitative estimate of drug-likeness (QED) is 0.624. The molecule has 3 heteroatoms. The number of carbonyl (C=O) groups is 1. The van der Waals surface area contributed by atoms with Crippen LogP contribution < -0.4 is 0 Å². The second-order valence-corrected chi connectivity index (χ2v) is 4.75. The van der Waals surface area contributed by atoms with Crippen molar-refractivity contribution in [3.63, 3.8) is 0 Å². The number of ether oxygens (including phenoxy) is 1. The molecule has 0 spiro atoms. The van der Waals surface area contributed by atoms with Crippen LogP contribution in [0.5, 0.6) is 0 Å². The van der Waals surface area contributed by atoms with Gasteiger partial charge >= 0.3 is 5.97 Å². The highest BCUT2D eigenvalue weighted by Gasteiger charge is 2.11. The Morgan fingerprint density at radius 3 is 2.40 bits per heavy atom. The molecule has 0 heterocycles. The zero-order valence-electron chi connectivity index (χ0n) is 11.2. The lowest BCUT2D eigenvalue weighted by Crippen LogP contribution is -2.07. The molecule has 0 saturated carbocycles. The molecular formula is C17H15ClO2. The summed E-state index contributed by atoms with van der Waals surface area (Å²) < 4.78 is 4.85. The van der Waals surface area contributed by atoms with Crippen LogP contribution in [0.1, 0.15) is 11.1 Å². The van der Waals surface area contributed by atoms with Crippen LogP contribution in [0, 0.1) is 0 Å². The summed E-state index contributed by atoms with van der Waals surface area (Å²) in [6, 6.07) is 17.2. The minimum atomic E-state index is -0.339.